The van der Waals surface area contributed by atoms with E-state index in [0.717, 1.165) is 29.4 Å². The molecule has 234 valence electrons. The van der Waals surface area contributed by atoms with Gasteiger partial charge in [0.1, 0.15) is 24.3 Å². The van der Waals surface area contributed by atoms with E-state index >= 15 is 0 Å². The molecule has 0 spiro atoms. The minimum absolute atomic E-state index is 0.0726. The summed E-state index contributed by atoms with van der Waals surface area (Å²) in [5, 5.41) is 25.2. The Labute approximate surface area is 249 Å². The van der Waals surface area contributed by atoms with Gasteiger partial charge in [0.15, 0.2) is 23.2 Å². The summed E-state index contributed by atoms with van der Waals surface area (Å²) in [5.41, 5.74) is 4.50. The maximum atomic E-state index is 14.4. The van der Waals surface area contributed by atoms with E-state index in [-0.39, 0.29) is 35.9 Å². The molecule has 0 aliphatic heterocycles. The predicted molar refractivity (Wildman–Crippen MR) is 149 cm³/mol. The zero-order valence-corrected chi connectivity index (χ0v) is 24.2. The van der Waals surface area contributed by atoms with Crippen molar-refractivity contribution >= 4 is 23.4 Å². The van der Waals surface area contributed by atoms with Crippen molar-refractivity contribution in [1.29, 1.82) is 5.41 Å². The number of hydrogen-bond donors (Lipinski definition) is 4. The quantitative estimate of drug-likeness (QED) is 0.0881. The number of hydrogen-bond acceptors (Lipinski definition) is 9. The Hall–Kier alpha value is -3.50. The van der Waals surface area contributed by atoms with Gasteiger partial charge in [-0.05, 0) is 44.0 Å². The fraction of sp³-hybridized carbons (Fsp3) is 0.407. The summed E-state index contributed by atoms with van der Waals surface area (Å²) in [6, 6.07) is 3.57. The minimum Gasteiger partial charge on any atom is -0.388 e. The number of aliphatic hydroxyl groups is 1. The Kier molecular flexibility index (Phi) is 11.7. The number of benzene rings is 1. The molecule has 2 heterocycles. The monoisotopic (exact) mass is 631 g/mol. The van der Waals surface area contributed by atoms with E-state index in [0.29, 0.717) is 18.6 Å². The van der Waals surface area contributed by atoms with Crippen LogP contribution in [0.1, 0.15) is 48.4 Å². The Balaban J connectivity index is 2.02. The summed E-state index contributed by atoms with van der Waals surface area (Å²) in [6.45, 7) is 4.75. The van der Waals surface area contributed by atoms with E-state index in [2.05, 4.69) is 20.4 Å². The largest absolute Gasteiger partial charge is 0.435 e. The number of aryl methyl sites for hydroxylation is 2. The molecule has 0 saturated carbocycles. The lowest BCUT2D eigenvalue weighted by Crippen LogP contribution is -2.39. The maximum Gasteiger partial charge on any atom is 0.435 e. The van der Waals surface area contributed by atoms with Crippen molar-refractivity contribution in [2.75, 3.05) is 19.8 Å². The lowest BCUT2D eigenvalue weighted by atomic mass is 10.1. The van der Waals surface area contributed by atoms with Crippen LogP contribution in [0.5, 0.6) is 0 Å². The van der Waals surface area contributed by atoms with Crippen molar-refractivity contribution in [2.24, 2.45) is 5.73 Å². The molecule has 0 amide bonds. The second kappa shape index (κ2) is 14.8. The molecule has 0 bridgehead atoms. The third-order valence-electron chi connectivity index (χ3n) is 6.07. The molecule has 43 heavy (non-hydrogen) atoms. The van der Waals surface area contributed by atoms with E-state index < -0.39 is 52.7 Å². The number of nitrogens with one attached hydrogen (secondary N) is 2. The lowest BCUT2D eigenvalue weighted by molar-refractivity contribution is -0.141. The second-order valence-electron chi connectivity index (χ2n) is 9.19. The van der Waals surface area contributed by atoms with Gasteiger partial charge in [-0.3, -0.25) is 0 Å². The van der Waals surface area contributed by atoms with E-state index in [4.69, 9.17) is 32.2 Å². The maximum absolute atomic E-state index is 14.4. The van der Waals surface area contributed by atoms with Gasteiger partial charge in [0, 0.05) is 42.9 Å². The summed E-state index contributed by atoms with van der Waals surface area (Å²) in [5.74, 6) is -2.71. The van der Waals surface area contributed by atoms with Crippen molar-refractivity contribution in [3.05, 3.63) is 75.7 Å². The summed E-state index contributed by atoms with van der Waals surface area (Å²) in [7, 11) is 0. The number of alkyl halides is 3. The second-order valence-corrected chi connectivity index (χ2v) is 9.60. The number of nitrogens with two attached hydrogens (primary N) is 1. The van der Waals surface area contributed by atoms with Crippen LogP contribution in [0.4, 0.5) is 22.0 Å². The van der Waals surface area contributed by atoms with Crippen LogP contribution in [0.2, 0.25) is 5.02 Å². The average molecular weight is 632 g/mol. The van der Waals surface area contributed by atoms with Gasteiger partial charge in [0.25, 0.3) is 0 Å². The van der Waals surface area contributed by atoms with E-state index in [1.54, 1.807) is 13.8 Å². The number of aromatic nitrogens is 4. The summed E-state index contributed by atoms with van der Waals surface area (Å²) < 4.78 is 82.3. The molecule has 3 aromatic rings. The van der Waals surface area contributed by atoms with E-state index in [1.807, 2.05) is 0 Å². The fourth-order valence-corrected chi connectivity index (χ4v) is 4.13. The molecule has 1 aromatic carbocycles. The van der Waals surface area contributed by atoms with Crippen LogP contribution >= 0.6 is 11.6 Å². The van der Waals surface area contributed by atoms with Crippen LogP contribution in [-0.2, 0) is 22.1 Å². The molecule has 10 nitrogen and oxygen atoms in total. The van der Waals surface area contributed by atoms with Gasteiger partial charge in [-0.2, -0.15) is 18.3 Å². The number of nitrogens with zero attached hydrogens (tertiary/aromatic N) is 4. The Morgan fingerprint density at radius 1 is 1.26 bits per heavy atom. The van der Waals surface area contributed by atoms with Gasteiger partial charge in [-0.1, -0.05) is 18.5 Å². The molecule has 0 aliphatic rings. The van der Waals surface area contributed by atoms with Crippen molar-refractivity contribution in [2.45, 2.75) is 51.8 Å². The van der Waals surface area contributed by atoms with Crippen LogP contribution in [0.25, 0.3) is 11.3 Å². The zero-order valence-electron chi connectivity index (χ0n) is 23.4. The number of halogens is 6. The van der Waals surface area contributed by atoms with Crippen LogP contribution in [0, 0.1) is 24.0 Å². The Bertz CT molecular complexity index is 1450. The molecule has 2 aromatic heterocycles. The highest BCUT2D eigenvalue weighted by molar-refractivity contribution is 6.30. The highest BCUT2D eigenvalue weighted by Crippen LogP contribution is 2.34. The number of pyridine rings is 1. The highest BCUT2D eigenvalue weighted by Gasteiger charge is 2.38. The first-order valence-electron chi connectivity index (χ1n) is 13.1. The van der Waals surface area contributed by atoms with Gasteiger partial charge in [-0.25, -0.2) is 23.4 Å². The Morgan fingerprint density at radius 3 is 2.60 bits per heavy atom. The topological polar surface area (TPSA) is 144 Å². The summed E-state index contributed by atoms with van der Waals surface area (Å²) in [6.07, 6.45) is -5.58. The number of ether oxygens (including phenoxy) is 2. The minimum atomic E-state index is -4.84. The molecular weight excluding hydrogens is 601 g/mol. The normalized spacial score (nSPS) is 14.4. The molecule has 0 saturated heterocycles. The number of rotatable bonds is 14. The van der Waals surface area contributed by atoms with Crippen LogP contribution in [-0.4, -0.2) is 63.2 Å². The summed E-state index contributed by atoms with van der Waals surface area (Å²) >= 11 is 5.60. The van der Waals surface area contributed by atoms with Crippen molar-refractivity contribution in [3.8, 4) is 5.69 Å². The first kappa shape index (κ1) is 34.0. The summed E-state index contributed by atoms with van der Waals surface area (Å²) in [4.78, 5) is 7.86. The van der Waals surface area contributed by atoms with Crippen LogP contribution in [0.3, 0.4) is 0 Å². The van der Waals surface area contributed by atoms with Gasteiger partial charge in [-0.15, -0.1) is 0 Å². The number of aliphatic hydroxyl groups excluding tert-OH is 1. The van der Waals surface area contributed by atoms with Gasteiger partial charge in [0.05, 0.1) is 17.3 Å². The molecule has 0 aliphatic carbocycles. The average Bonchev–Trinajstić information content (AvgIpc) is 3.36. The highest BCUT2D eigenvalue weighted by atomic mass is 35.5. The molecule has 2 unspecified atom stereocenters. The first-order chi connectivity index (χ1) is 20.3. The third kappa shape index (κ3) is 8.32. The smallest absolute Gasteiger partial charge is 0.388 e. The lowest BCUT2D eigenvalue weighted by Gasteiger charge is -2.26. The van der Waals surface area contributed by atoms with Gasteiger partial charge in [0.2, 0.25) is 0 Å². The zero-order chi connectivity index (χ0) is 31.9. The molecular formula is C27H31ClF5N7O3. The van der Waals surface area contributed by atoms with Crippen molar-refractivity contribution in [3.63, 3.8) is 0 Å². The predicted octanol–water partition coefficient (Wildman–Crippen LogP) is 4.50. The number of allylic oxidation sites excluding steroid dienone is 1. The third-order valence-corrected chi connectivity index (χ3v) is 6.36. The first-order valence-corrected chi connectivity index (χ1v) is 13.4. The van der Waals surface area contributed by atoms with Crippen molar-refractivity contribution < 1.29 is 36.5 Å². The molecule has 3 atom stereocenters. The molecule has 0 fully saturated rings. The molecule has 3 rings (SSSR count). The molecule has 16 heteroatoms. The van der Waals surface area contributed by atoms with Gasteiger partial charge >= 0.3 is 6.18 Å². The van der Waals surface area contributed by atoms with E-state index in [9.17, 15) is 27.1 Å². The van der Waals surface area contributed by atoms with Gasteiger partial charge < -0.3 is 31.0 Å². The SMILES string of the molecule is CCOCC(N)OC(c1nc(C)nn1-c1cc(CC)cnc1C(F)(F)F)[C@@H](O)CN/C=C(\C=N)c1ccc(Cl)c(F)c1F. The van der Waals surface area contributed by atoms with Crippen molar-refractivity contribution in [1.82, 2.24) is 25.1 Å². The standard InChI is InChI=1S/C27H31ClF5N7O3/c1-4-15-8-19(25(37-10-15)27(31,32)33)40-26(38-14(3)39-40)24(43-21(35)13-42-5-2)20(41)12-36-11-16(9-34)17-6-7-18(28)23(30)22(17)29/h6-11,20-21,24,34,36,41H,4-5,12-13,35H2,1-3H3/b16-11+,34-9?/t20-,21?,24?/m0/s1. The molecule has 5 N–H and O–H groups in total. The molecule has 0 radical (unpaired) electrons. The van der Waals surface area contributed by atoms with Crippen LogP contribution in [0.15, 0.2) is 30.6 Å². The Morgan fingerprint density at radius 2 is 1.98 bits per heavy atom. The van der Waals surface area contributed by atoms with E-state index in [1.165, 1.54) is 19.1 Å². The van der Waals surface area contributed by atoms with Crippen LogP contribution < -0.4 is 11.1 Å². The fourth-order valence-electron chi connectivity index (χ4n) is 3.99.